The highest BCUT2D eigenvalue weighted by Gasteiger charge is 2.30. The Balaban J connectivity index is 4.10. The standard InChI is InChI=1S/C12H24N2O3/c1-8(2)6-7-13-10(15)9(3)14-12(4,5)11(16)17/h8-9,14H,6-7H2,1-5H3,(H,13,15)(H,16,17). The third-order valence-electron chi connectivity index (χ3n) is 2.53. The predicted octanol–water partition coefficient (Wildman–Crippen LogP) is 0.990. The van der Waals surface area contributed by atoms with E-state index >= 15 is 0 Å². The summed E-state index contributed by atoms with van der Waals surface area (Å²) in [6, 6.07) is -0.520. The van der Waals surface area contributed by atoms with Gasteiger partial charge in [-0.2, -0.15) is 0 Å². The maximum Gasteiger partial charge on any atom is 0.323 e. The van der Waals surface area contributed by atoms with Crippen LogP contribution in [0.25, 0.3) is 0 Å². The molecule has 3 N–H and O–H groups in total. The van der Waals surface area contributed by atoms with E-state index in [1.807, 2.05) is 0 Å². The Morgan fingerprint density at radius 2 is 1.76 bits per heavy atom. The van der Waals surface area contributed by atoms with Gasteiger partial charge in [-0.15, -0.1) is 0 Å². The van der Waals surface area contributed by atoms with E-state index in [4.69, 9.17) is 5.11 Å². The van der Waals surface area contributed by atoms with Gasteiger partial charge in [0.05, 0.1) is 6.04 Å². The normalized spacial score (nSPS) is 13.5. The Hall–Kier alpha value is -1.10. The van der Waals surface area contributed by atoms with Crippen LogP contribution in [-0.2, 0) is 9.59 Å². The lowest BCUT2D eigenvalue weighted by molar-refractivity contribution is -0.144. The van der Waals surface area contributed by atoms with Gasteiger partial charge < -0.3 is 10.4 Å². The summed E-state index contributed by atoms with van der Waals surface area (Å²) in [5.41, 5.74) is -1.10. The largest absolute Gasteiger partial charge is 0.480 e. The van der Waals surface area contributed by atoms with Crippen molar-refractivity contribution in [1.82, 2.24) is 10.6 Å². The zero-order valence-corrected chi connectivity index (χ0v) is 11.3. The minimum Gasteiger partial charge on any atom is -0.480 e. The van der Waals surface area contributed by atoms with Crippen molar-refractivity contribution in [2.75, 3.05) is 6.54 Å². The number of carbonyl (C=O) groups is 2. The molecule has 0 heterocycles. The van der Waals surface area contributed by atoms with Crippen LogP contribution in [0.1, 0.15) is 41.0 Å². The molecule has 0 aliphatic rings. The number of hydrogen-bond acceptors (Lipinski definition) is 3. The molecule has 0 aliphatic carbocycles. The molecule has 0 bridgehead atoms. The number of carbonyl (C=O) groups excluding carboxylic acids is 1. The lowest BCUT2D eigenvalue weighted by Crippen LogP contribution is -2.55. The van der Waals surface area contributed by atoms with Gasteiger partial charge in [0, 0.05) is 6.54 Å². The minimum absolute atomic E-state index is 0.167. The van der Waals surface area contributed by atoms with Crippen LogP contribution in [-0.4, -0.2) is 35.1 Å². The van der Waals surface area contributed by atoms with Gasteiger partial charge in [-0.3, -0.25) is 14.9 Å². The summed E-state index contributed by atoms with van der Waals surface area (Å²) in [6.07, 6.45) is 0.917. The van der Waals surface area contributed by atoms with E-state index in [0.717, 1.165) is 6.42 Å². The molecule has 17 heavy (non-hydrogen) atoms. The van der Waals surface area contributed by atoms with Crippen molar-refractivity contribution in [3.05, 3.63) is 0 Å². The van der Waals surface area contributed by atoms with Crippen molar-refractivity contribution in [1.29, 1.82) is 0 Å². The summed E-state index contributed by atoms with van der Waals surface area (Å²) in [4.78, 5) is 22.5. The Morgan fingerprint density at radius 3 is 2.18 bits per heavy atom. The fraction of sp³-hybridized carbons (Fsp3) is 0.833. The average molecular weight is 244 g/mol. The van der Waals surface area contributed by atoms with Crippen LogP contribution in [0, 0.1) is 5.92 Å². The third-order valence-corrected chi connectivity index (χ3v) is 2.53. The lowest BCUT2D eigenvalue weighted by atomic mass is 10.0. The summed E-state index contributed by atoms with van der Waals surface area (Å²) in [5.74, 6) is -0.603. The molecule has 1 amide bonds. The van der Waals surface area contributed by atoms with Crippen molar-refractivity contribution in [3.63, 3.8) is 0 Å². The molecule has 0 saturated carbocycles. The minimum atomic E-state index is -1.10. The summed E-state index contributed by atoms with van der Waals surface area (Å²) >= 11 is 0. The molecule has 0 saturated heterocycles. The monoisotopic (exact) mass is 244 g/mol. The molecule has 5 nitrogen and oxygen atoms in total. The Kier molecular flexibility index (Phi) is 6.16. The molecule has 1 atom stereocenters. The third kappa shape index (κ3) is 6.26. The molecule has 0 radical (unpaired) electrons. The van der Waals surface area contributed by atoms with Gasteiger partial charge in [0.15, 0.2) is 0 Å². The molecule has 0 aromatic rings. The van der Waals surface area contributed by atoms with E-state index in [0.29, 0.717) is 12.5 Å². The van der Waals surface area contributed by atoms with Gasteiger partial charge in [0.2, 0.25) is 5.91 Å². The average Bonchev–Trinajstić information content (AvgIpc) is 2.15. The van der Waals surface area contributed by atoms with Crippen molar-refractivity contribution in [2.24, 2.45) is 5.92 Å². The fourth-order valence-electron chi connectivity index (χ4n) is 1.31. The van der Waals surface area contributed by atoms with Gasteiger partial charge in [-0.1, -0.05) is 13.8 Å². The highest BCUT2D eigenvalue weighted by atomic mass is 16.4. The smallest absolute Gasteiger partial charge is 0.323 e. The molecule has 0 aliphatic heterocycles. The first-order valence-electron chi connectivity index (χ1n) is 5.95. The quantitative estimate of drug-likeness (QED) is 0.624. The van der Waals surface area contributed by atoms with Gasteiger partial charge in [-0.05, 0) is 33.1 Å². The Labute approximate surface area is 103 Å². The van der Waals surface area contributed by atoms with Crippen molar-refractivity contribution in [2.45, 2.75) is 52.6 Å². The summed E-state index contributed by atoms with van der Waals surface area (Å²) < 4.78 is 0. The van der Waals surface area contributed by atoms with Gasteiger partial charge >= 0.3 is 5.97 Å². The van der Waals surface area contributed by atoms with E-state index in [2.05, 4.69) is 24.5 Å². The maximum absolute atomic E-state index is 11.7. The summed E-state index contributed by atoms with van der Waals surface area (Å²) in [5, 5.41) is 14.5. The lowest BCUT2D eigenvalue weighted by Gasteiger charge is -2.25. The van der Waals surface area contributed by atoms with Crippen molar-refractivity contribution >= 4 is 11.9 Å². The molecule has 0 spiro atoms. The first-order chi connectivity index (χ1) is 7.66. The van der Waals surface area contributed by atoms with E-state index in [1.54, 1.807) is 6.92 Å². The molecule has 0 aromatic carbocycles. The molecule has 5 heteroatoms. The molecule has 1 unspecified atom stereocenters. The topological polar surface area (TPSA) is 78.4 Å². The molecule has 100 valence electrons. The van der Waals surface area contributed by atoms with Crippen LogP contribution < -0.4 is 10.6 Å². The Bertz CT molecular complexity index is 275. The fourth-order valence-corrected chi connectivity index (χ4v) is 1.31. The van der Waals surface area contributed by atoms with Gasteiger partial charge in [0.25, 0.3) is 0 Å². The van der Waals surface area contributed by atoms with E-state index in [1.165, 1.54) is 13.8 Å². The van der Waals surface area contributed by atoms with Crippen LogP contribution in [0.5, 0.6) is 0 Å². The van der Waals surface area contributed by atoms with Crippen molar-refractivity contribution in [3.8, 4) is 0 Å². The first-order valence-corrected chi connectivity index (χ1v) is 5.95. The number of carboxylic acids is 1. The van der Waals surface area contributed by atoms with Crippen LogP contribution >= 0.6 is 0 Å². The number of rotatable bonds is 7. The maximum atomic E-state index is 11.7. The molecule has 0 fully saturated rings. The summed E-state index contributed by atoms with van der Waals surface area (Å²) in [7, 11) is 0. The van der Waals surface area contributed by atoms with E-state index in [-0.39, 0.29) is 5.91 Å². The van der Waals surface area contributed by atoms with Crippen LogP contribution in [0.15, 0.2) is 0 Å². The number of amides is 1. The second-order valence-corrected chi connectivity index (χ2v) is 5.27. The molecule has 0 aromatic heterocycles. The van der Waals surface area contributed by atoms with Crippen LogP contribution in [0.2, 0.25) is 0 Å². The zero-order chi connectivity index (χ0) is 13.6. The molecular weight excluding hydrogens is 220 g/mol. The summed E-state index contributed by atoms with van der Waals surface area (Å²) in [6.45, 7) is 9.52. The number of nitrogens with one attached hydrogen (secondary N) is 2. The first kappa shape index (κ1) is 15.9. The molecular formula is C12H24N2O3. The number of carboxylic acid groups (broad SMARTS) is 1. The highest BCUT2D eigenvalue weighted by Crippen LogP contribution is 2.04. The van der Waals surface area contributed by atoms with Gasteiger partial charge in [0.1, 0.15) is 5.54 Å². The zero-order valence-electron chi connectivity index (χ0n) is 11.3. The van der Waals surface area contributed by atoms with E-state index < -0.39 is 17.6 Å². The van der Waals surface area contributed by atoms with Gasteiger partial charge in [-0.25, -0.2) is 0 Å². The Morgan fingerprint density at radius 1 is 1.24 bits per heavy atom. The number of hydrogen-bond donors (Lipinski definition) is 3. The van der Waals surface area contributed by atoms with E-state index in [9.17, 15) is 9.59 Å². The predicted molar refractivity (Wildman–Crippen MR) is 66.8 cm³/mol. The SMILES string of the molecule is CC(C)CCNC(=O)C(C)NC(C)(C)C(=O)O. The second kappa shape index (κ2) is 6.59. The molecule has 0 rings (SSSR count). The van der Waals surface area contributed by atoms with Crippen LogP contribution in [0.4, 0.5) is 0 Å². The van der Waals surface area contributed by atoms with Crippen LogP contribution in [0.3, 0.4) is 0 Å². The van der Waals surface area contributed by atoms with Crippen molar-refractivity contribution < 1.29 is 14.7 Å². The highest BCUT2D eigenvalue weighted by molar-refractivity contribution is 5.83. The number of aliphatic carboxylic acids is 1. The second-order valence-electron chi connectivity index (χ2n) is 5.27.